The Labute approximate surface area is 95.0 Å². The van der Waals surface area contributed by atoms with Gasteiger partial charge in [0.05, 0.1) is 10.5 Å². The first-order valence-electron chi connectivity index (χ1n) is 4.59. The highest BCUT2D eigenvalue weighted by Gasteiger charge is 2.27. The Morgan fingerprint density at radius 1 is 1.43 bits per heavy atom. The third kappa shape index (κ3) is 1.19. The van der Waals surface area contributed by atoms with Gasteiger partial charge in [0.15, 0.2) is 4.73 Å². The zero-order valence-electron chi connectivity index (χ0n) is 7.37. The standard InChI is InChI=1S/C10H8BrClN2/c11-10-13-9-7(12)2-1-3-8(9)14(10)6-4-5-6/h1-3,6H,4-5H2. The molecular formula is C10H8BrClN2. The van der Waals surface area contributed by atoms with Crippen LogP contribution in [0, 0.1) is 0 Å². The molecular weight excluding hydrogens is 263 g/mol. The molecule has 0 atom stereocenters. The Balaban J connectivity index is 2.37. The highest BCUT2D eigenvalue weighted by molar-refractivity contribution is 9.10. The lowest BCUT2D eigenvalue weighted by Crippen LogP contribution is -1.92. The van der Waals surface area contributed by atoms with Gasteiger partial charge in [-0.1, -0.05) is 17.7 Å². The van der Waals surface area contributed by atoms with Crippen LogP contribution < -0.4 is 0 Å². The molecule has 1 fully saturated rings. The van der Waals surface area contributed by atoms with Crippen molar-refractivity contribution in [3.05, 3.63) is 28.0 Å². The molecule has 2 nitrogen and oxygen atoms in total. The number of imidazole rings is 1. The number of para-hydroxylation sites is 1. The van der Waals surface area contributed by atoms with Gasteiger partial charge in [-0.05, 0) is 40.9 Å². The molecule has 0 saturated heterocycles. The number of benzene rings is 1. The van der Waals surface area contributed by atoms with E-state index in [2.05, 4.69) is 31.5 Å². The average molecular weight is 272 g/mol. The Bertz CT molecular complexity index is 502. The van der Waals surface area contributed by atoms with Crippen LogP contribution in [0.15, 0.2) is 22.9 Å². The van der Waals surface area contributed by atoms with Gasteiger partial charge in [-0.25, -0.2) is 4.98 Å². The van der Waals surface area contributed by atoms with Gasteiger partial charge < -0.3 is 4.57 Å². The molecule has 1 heterocycles. The third-order valence-electron chi connectivity index (χ3n) is 2.54. The number of nitrogens with zero attached hydrogens (tertiary/aromatic N) is 2. The molecule has 0 bridgehead atoms. The summed E-state index contributed by atoms with van der Waals surface area (Å²) in [5, 5.41) is 0.725. The van der Waals surface area contributed by atoms with Crippen LogP contribution in [-0.4, -0.2) is 9.55 Å². The number of aromatic nitrogens is 2. The van der Waals surface area contributed by atoms with E-state index < -0.39 is 0 Å². The number of halogens is 2. The molecule has 0 aliphatic heterocycles. The van der Waals surface area contributed by atoms with E-state index in [1.165, 1.54) is 12.8 Å². The highest BCUT2D eigenvalue weighted by atomic mass is 79.9. The van der Waals surface area contributed by atoms with Gasteiger partial charge in [0, 0.05) is 6.04 Å². The lowest BCUT2D eigenvalue weighted by molar-refractivity contribution is 0.745. The minimum atomic E-state index is 0.618. The fourth-order valence-corrected chi connectivity index (χ4v) is 2.60. The van der Waals surface area contributed by atoms with E-state index in [0.717, 1.165) is 20.8 Å². The van der Waals surface area contributed by atoms with Crippen molar-refractivity contribution in [3.63, 3.8) is 0 Å². The number of hydrogen-bond donors (Lipinski definition) is 0. The molecule has 0 amide bonds. The van der Waals surface area contributed by atoms with Gasteiger partial charge in [0.1, 0.15) is 5.52 Å². The lowest BCUT2D eigenvalue weighted by atomic mass is 10.3. The fourth-order valence-electron chi connectivity index (χ4n) is 1.73. The summed E-state index contributed by atoms with van der Waals surface area (Å²) in [5.41, 5.74) is 2.03. The van der Waals surface area contributed by atoms with E-state index >= 15 is 0 Å². The normalized spacial score (nSPS) is 16.4. The first-order chi connectivity index (χ1) is 6.77. The fraction of sp³-hybridized carbons (Fsp3) is 0.300. The van der Waals surface area contributed by atoms with Crippen molar-refractivity contribution in [3.8, 4) is 0 Å². The molecule has 1 aromatic heterocycles. The van der Waals surface area contributed by atoms with E-state index in [-0.39, 0.29) is 0 Å². The summed E-state index contributed by atoms with van der Waals surface area (Å²) >= 11 is 9.55. The molecule has 2 aromatic rings. The molecule has 1 aromatic carbocycles. The SMILES string of the molecule is Clc1cccc2c1nc(Br)n2C1CC1. The second-order valence-corrected chi connectivity index (χ2v) is 4.71. The molecule has 0 radical (unpaired) electrons. The molecule has 1 aliphatic rings. The minimum Gasteiger partial charge on any atom is -0.315 e. The molecule has 0 unspecified atom stereocenters. The number of fused-ring (bicyclic) bond motifs is 1. The third-order valence-corrected chi connectivity index (χ3v) is 3.40. The first-order valence-corrected chi connectivity index (χ1v) is 5.76. The molecule has 1 aliphatic carbocycles. The van der Waals surface area contributed by atoms with E-state index in [0.29, 0.717) is 6.04 Å². The monoisotopic (exact) mass is 270 g/mol. The molecule has 0 N–H and O–H groups in total. The lowest BCUT2D eigenvalue weighted by Gasteiger charge is -2.01. The highest BCUT2D eigenvalue weighted by Crippen LogP contribution is 2.40. The quantitative estimate of drug-likeness (QED) is 0.771. The van der Waals surface area contributed by atoms with Gasteiger partial charge in [-0.3, -0.25) is 0 Å². The zero-order valence-corrected chi connectivity index (χ0v) is 9.72. The van der Waals surface area contributed by atoms with Crippen LogP contribution in [0.3, 0.4) is 0 Å². The van der Waals surface area contributed by atoms with Crippen LogP contribution in [-0.2, 0) is 0 Å². The van der Waals surface area contributed by atoms with Crippen LogP contribution in [0.25, 0.3) is 11.0 Å². The maximum Gasteiger partial charge on any atom is 0.178 e. The van der Waals surface area contributed by atoms with Crippen molar-refractivity contribution in [2.24, 2.45) is 0 Å². The summed E-state index contributed by atoms with van der Waals surface area (Å²) in [6.07, 6.45) is 2.49. The summed E-state index contributed by atoms with van der Waals surface area (Å²) in [4.78, 5) is 4.42. The smallest absolute Gasteiger partial charge is 0.178 e. The Hall–Kier alpha value is -0.540. The summed E-state index contributed by atoms with van der Waals surface area (Å²) in [6.45, 7) is 0. The maximum absolute atomic E-state index is 6.07. The average Bonchev–Trinajstić information content (AvgIpc) is 2.91. The molecule has 72 valence electrons. The maximum atomic E-state index is 6.07. The largest absolute Gasteiger partial charge is 0.315 e. The van der Waals surface area contributed by atoms with E-state index in [4.69, 9.17) is 11.6 Å². The van der Waals surface area contributed by atoms with Gasteiger partial charge in [0.25, 0.3) is 0 Å². The molecule has 4 heteroatoms. The van der Waals surface area contributed by atoms with Crippen molar-refractivity contribution in [2.75, 3.05) is 0 Å². The molecule has 1 saturated carbocycles. The van der Waals surface area contributed by atoms with Crippen LogP contribution in [0.4, 0.5) is 0 Å². The summed E-state index contributed by atoms with van der Waals surface area (Å²) in [6, 6.07) is 6.53. The van der Waals surface area contributed by atoms with Crippen molar-refractivity contribution in [1.29, 1.82) is 0 Å². The second kappa shape index (κ2) is 2.97. The summed E-state index contributed by atoms with van der Waals surface area (Å²) in [5.74, 6) is 0. The Morgan fingerprint density at radius 3 is 2.93 bits per heavy atom. The summed E-state index contributed by atoms with van der Waals surface area (Å²) < 4.78 is 3.12. The van der Waals surface area contributed by atoms with Crippen molar-refractivity contribution in [1.82, 2.24) is 9.55 Å². The van der Waals surface area contributed by atoms with E-state index in [1.807, 2.05) is 12.1 Å². The zero-order chi connectivity index (χ0) is 9.71. The Morgan fingerprint density at radius 2 is 2.21 bits per heavy atom. The van der Waals surface area contributed by atoms with Gasteiger partial charge in [-0.2, -0.15) is 0 Å². The first kappa shape index (κ1) is 8.74. The van der Waals surface area contributed by atoms with Crippen LogP contribution in [0.1, 0.15) is 18.9 Å². The minimum absolute atomic E-state index is 0.618. The van der Waals surface area contributed by atoms with Crippen LogP contribution >= 0.6 is 27.5 Å². The van der Waals surface area contributed by atoms with Gasteiger partial charge in [-0.15, -0.1) is 0 Å². The van der Waals surface area contributed by atoms with E-state index in [1.54, 1.807) is 0 Å². The van der Waals surface area contributed by atoms with Gasteiger partial charge in [0.2, 0.25) is 0 Å². The predicted octanol–water partition coefficient (Wildman–Crippen LogP) is 3.79. The van der Waals surface area contributed by atoms with Crippen molar-refractivity contribution >= 4 is 38.6 Å². The van der Waals surface area contributed by atoms with Gasteiger partial charge >= 0.3 is 0 Å². The number of rotatable bonds is 1. The molecule has 0 spiro atoms. The van der Waals surface area contributed by atoms with Crippen molar-refractivity contribution in [2.45, 2.75) is 18.9 Å². The van der Waals surface area contributed by atoms with Crippen LogP contribution in [0.2, 0.25) is 5.02 Å². The second-order valence-electron chi connectivity index (χ2n) is 3.59. The van der Waals surface area contributed by atoms with Crippen molar-refractivity contribution < 1.29 is 0 Å². The number of hydrogen-bond acceptors (Lipinski definition) is 1. The van der Waals surface area contributed by atoms with Crippen LogP contribution in [0.5, 0.6) is 0 Å². The topological polar surface area (TPSA) is 17.8 Å². The Kier molecular flexibility index (Phi) is 1.86. The molecule has 3 rings (SSSR count). The predicted molar refractivity (Wildman–Crippen MR) is 60.7 cm³/mol. The van der Waals surface area contributed by atoms with E-state index in [9.17, 15) is 0 Å². The molecule has 14 heavy (non-hydrogen) atoms. The summed E-state index contributed by atoms with van der Waals surface area (Å²) in [7, 11) is 0.